The summed E-state index contributed by atoms with van der Waals surface area (Å²) in [7, 11) is -1.87. The maximum Gasteiger partial charge on any atom is 0.184 e. The molecular weight excluding hydrogens is 274 g/mol. The predicted octanol–water partition coefficient (Wildman–Crippen LogP) is 3.02. The van der Waals surface area contributed by atoms with Gasteiger partial charge in [-0.3, -0.25) is 0 Å². The van der Waals surface area contributed by atoms with Gasteiger partial charge in [-0.1, -0.05) is 26.2 Å². The van der Waals surface area contributed by atoms with Crippen LogP contribution in [0.5, 0.6) is 5.75 Å². The Bertz CT molecular complexity index is 568. The first-order chi connectivity index (χ1) is 9.48. The van der Waals surface area contributed by atoms with Crippen LogP contribution in [0.2, 0.25) is 0 Å². The zero-order valence-corrected chi connectivity index (χ0v) is 12.9. The molecule has 0 bridgehead atoms. The van der Waals surface area contributed by atoms with E-state index < -0.39 is 9.84 Å². The molecule has 2 unspecified atom stereocenters. The average molecular weight is 297 g/mol. The number of ether oxygens (including phenoxy) is 1. The number of hydrogen-bond donors (Lipinski definition) is 1. The molecule has 1 aliphatic carbocycles. The van der Waals surface area contributed by atoms with E-state index >= 15 is 0 Å². The van der Waals surface area contributed by atoms with Crippen LogP contribution in [0.15, 0.2) is 23.1 Å². The highest BCUT2D eigenvalue weighted by Crippen LogP contribution is 2.36. The fraction of sp³-hybridized carbons (Fsp3) is 0.600. The minimum atomic E-state index is -3.35. The quantitative estimate of drug-likeness (QED) is 0.867. The highest BCUT2D eigenvalue weighted by Gasteiger charge is 2.34. The lowest BCUT2D eigenvalue weighted by Crippen LogP contribution is -2.28. The normalized spacial score (nSPS) is 23.5. The molecule has 1 saturated carbocycles. The lowest BCUT2D eigenvalue weighted by atomic mass is 9.87. The Labute approximate surface area is 121 Å². The Morgan fingerprint density at radius 1 is 1.35 bits per heavy atom. The Morgan fingerprint density at radius 2 is 2.10 bits per heavy atom. The lowest BCUT2D eigenvalue weighted by molar-refractivity contribution is 0.347. The summed E-state index contributed by atoms with van der Waals surface area (Å²) in [4.78, 5) is 0.274. The summed E-state index contributed by atoms with van der Waals surface area (Å²) in [6, 6.07) is 4.77. The highest BCUT2D eigenvalue weighted by atomic mass is 32.2. The van der Waals surface area contributed by atoms with Crippen molar-refractivity contribution in [2.75, 3.05) is 12.8 Å². The third kappa shape index (κ3) is 2.92. The largest absolute Gasteiger partial charge is 0.495 e. The zero-order valence-electron chi connectivity index (χ0n) is 12.1. The fourth-order valence-electron chi connectivity index (χ4n) is 2.99. The van der Waals surface area contributed by atoms with Crippen LogP contribution < -0.4 is 10.5 Å². The van der Waals surface area contributed by atoms with Crippen LogP contribution in [0.3, 0.4) is 0 Å². The van der Waals surface area contributed by atoms with Crippen molar-refractivity contribution in [3.8, 4) is 5.75 Å². The van der Waals surface area contributed by atoms with Crippen molar-refractivity contribution < 1.29 is 13.2 Å². The lowest BCUT2D eigenvalue weighted by Gasteiger charge is -2.28. The zero-order chi connectivity index (χ0) is 14.8. The van der Waals surface area contributed by atoms with Crippen LogP contribution in [0, 0.1) is 5.92 Å². The Hall–Kier alpha value is -1.23. The molecule has 2 N–H and O–H groups in total. The second-order valence-corrected chi connectivity index (χ2v) is 7.71. The van der Waals surface area contributed by atoms with Crippen molar-refractivity contribution in [3.05, 3.63) is 18.2 Å². The minimum absolute atomic E-state index is 0.274. The molecule has 1 aliphatic rings. The van der Waals surface area contributed by atoms with Crippen molar-refractivity contribution in [3.63, 3.8) is 0 Å². The molecule has 0 aromatic heterocycles. The molecule has 2 atom stereocenters. The van der Waals surface area contributed by atoms with Gasteiger partial charge in [0.25, 0.3) is 0 Å². The smallest absolute Gasteiger partial charge is 0.184 e. The minimum Gasteiger partial charge on any atom is -0.495 e. The molecule has 0 radical (unpaired) electrons. The van der Waals surface area contributed by atoms with Gasteiger partial charge >= 0.3 is 0 Å². The summed E-state index contributed by atoms with van der Waals surface area (Å²) in [5.74, 6) is 0.868. The van der Waals surface area contributed by atoms with Crippen LogP contribution in [-0.2, 0) is 9.84 Å². The highest BCUT2D eigenvalue weighted by molar-refractivity contribution is 7.92. The van der Waals surface area contributed by atoms with Crippen molar-refractivity contribution in [1.29, 1.82) is 0 Å². The summed E-state index contributed by atoms with van der Waals surface area (Å²) in [5, 5.41) is -0.293. The van der Waals surface area contributed by atoms with Gasteiger partial charge in [0.05, 0.1) is 12.4 Å². The van der Waals surface area contributed by atoms with E-state index in [-0.39, 0.29) is 10.1 Å². The van der Waals surface area contributed by atoms with Gasteiger partial charge in [0.15, 0.2) is 9.84 Å². The van der Waals surface area contributed by atoms with Crippen molar-refractivity contribution >= 4 is 15.5 Å². The van der Waals surface area contributed by atoms with Gasteiger partial charge in [-0.15, -0.1) is 0 Å². The van der Waals surface area contributed by atoms with Crippen molar-refractivity contribution in [2.24, 2.45) is 5.92 Å². The van der Waals surface area contributed by atoms with Crippen LogP contribution in [0.25, 0.3) is 0 Å². The van der Waals surface area contributed by atoms with Crippen molar-refractivity contribution in [1.82, 2.24) is 0 Å². The van der Waals surface area contributed by atoms with Crippen LogP contribution in [-0.4, -0.2) is 20.8 Å². The van der Waals surface area contributed by atoms with Crippen LogP contribution >= 0.6 is 0 Å². The number of sulfone groups is 1. The van der Waals surface area contributed by atoms with Gasteiger partial charge in [0.1, 0.15) is 10.6 Å². The molecule has 1 fully saturated rings. The fourth-order valence-corrected chi connectivity index (χ4v) is 5.04. The van der Waals surface area contributed by atoms with E-state index in [1.807, 2.05) is 0 Å². The Balaban J connectivity index is 2.35. The molecule has 2 rings (SSSR count). The van der Waals surface area contributed by atoms with Gasteiger partial charge in [-0.25, -0.2) is 8.42 Å². The SMILES string of the molecule is CCC1CCCC(S(=O)(=O)c2ccc(N)cc2OC)C1. The van der Waals surface area contributed by atoms with E-state index in [0.717, 1.165) is 32.1 Å². The molecule has 20 heavy (non-hydrogen) atoms. The molecule has 1 aromatic rings. The first kappa shape index (κ1) is 15.2. The molecule has 0 amide bonds. The molecule has 0 spiro atoms. The molecule has 0 saturated heterocycles. The summed E-state index contributed by atoms with van der Waals surface area (Å²) in [6.45, 7) is 2.13. The van der Waals surface area contributed by atoms with Crippen LogP contribution in [0.1, 0.15) is 39.0 Å². The third-order valence-electron chi connectivity index (χ3n) is 4.25. The molecule has 0 aliphatic heterocycles. The molecule has 5 heteroatoms. The molecule has 1 aromatic carbocycles. The maximum absolute atomic E-state index is 12.8. The Kier molecular flexibility index (Phi) is 4.58. The van der Waals surface area contributed by atoms with Crippen LogP contribution in [0.4, 0.5) is 5.69 Å². The van der Waals surface area contributed by atoms with E-state index in [4.69, 9.17) is 10.5 Å². The van der Waals surface area contributed by atoms with Gasteiger partial charge < -0.3 is 10.5 Å². The summed E-state index contributed by atoms with van der Waals surface area (Å²) in [6.07, 6.45) is 4.67. The maximum atomic E-state index is 12.8. The first-order valence-electron chi connectivity index (χ1n) is 7.16. The molecule has 112 valence electrons. The van der Waals surface area contributed by atoms with E-state index in [9.17, 15) is 8.42 Å². The standard InChI is InChI=1S/C15H23NO3S/c1-3-11-5-4-6-13(9-11)20(17,18)15-8-7-12(16)10-14(15)19-2/h7-8,10-11,13H,3-6,9,16H2,1-2H3. The predicted molar refractivity (Wildman–Crippen MR) is 80.6 cm³/mol. The Morgan fingerprint density at radius 3 is 2.75 bits per heavy atom. The monoisotopic (exact) mass is 297 g/mol. The third-order valence-corrected chi connectivity index (χ3v) is 6.50. The van der Waals surface area contributed by atoms with E-state index in [1.165, 1.54) is 7.11 Å². The van der Waals surface area contributed by atoms with Gasteiger partial charge in [-0.05, 0) is 30.9 Å². The second kappa shape index (κ2) is 6.04. The van der Waals surface area contributed by atoms with Gasteiger partial charge in [-0.2, -0.15) is 0 Å². The number of nitrogen functional groups attached to an aromatic ring is 1. The summed E-state index contributed by atoms with van der Waals surface area (Å²) in [5.41, 5.74) is 6.20. The second-order valence-electron chi connectivity index (χ2n) is 5.52. The summed E-state index contributed by atoms with van der Waals surface area (Å²) >= 11 is 0. The number of methoxy groups -OCH3 is 1. The summed E-state index contributed by atoms with van der Waals surface area (Å²) < 4.78 is 30.8. The topological polar surface area (TPSA) is 69.4 Å². The van der Waals surface area contributed by atoms with E-state index in [1.54, 1.807) is 18.2 Å². The number of rotatable bonds is 4. The van der Waals surface area contributed by atoms with E-state index in [0.29, 0.717) is 17.4 Å². The molecule has 4 nitrogen and oxygen atoms in total. The van der Waals surface area contributed by atoms with E-state index in [2.05, 4.69) is 6.92 Å². The average Bonchev–Trinajstić information content (AvgIpc) is 2.46. The van der Waals surface area contributed by atoms with Gasteiger partial charge in [0, 0.05) is 11.8 Å². The van der Waals surface area contributed by atoms with Gasteiger partial charge in [0.2, 0.25) is 0 Å². The number of hydrogen-bond acceptors (Lipinski definition) is 4. The number of anilines is 1. The molecule has 0 heterocycles. The van der Waals surface area contributed by atoms with Crippen molar-refractivity contribution in [2.45, 2.75) is 49.2 Å². The first-order valence-corrected chi connectivity index (χ1v) is 8.71. The number of nitrogens with two attached hydrogens (primary N) is 1. The number of benzene rings is 1. The molecular formula is C15H23NO3S.